The standard InChI is InChI=1S/C75H52N2/c1-76(59-29-15-6-16-30-59)60-39-41-61(42-40-60)77-72-45-37-51(53-35-43-64-62-31-17-19-33-68(62)74(70(64)49-53,55-21-7-2-8-22-55)56-23-9-3-10-24-56)47-66(72)67-48-52(38-46-73(67)77)54-36-44-65-63-32-18-20-34-69(63)75(71(65)50-54,57-25-11-4-12-26-57)58-27-13-5-14-28-58/h2-50H,1H3. The fraction of sp³-hybridized carbons (Fsp3) is 0.0400. The summed E-state index contributed by atoms with van der Waals surface area (Å²) < 4.78 is 2.45. The van der Waals surface area contributed by atoms with Crippen molar-refractivity contribution in [3.05, 3.63) is 342 Å². The third-order valence-electron chi connectivity index (χ3n) is 17.0. The minimum Gasteiger partial charge on any atom is -0.345 e. The Morgan fingerprint density at radius 3 is 1.01 bits per heavy atom. The molecular weight excluding hydrogens is 929 g/mol. The molecule has 0 radical (unpaired) electrons. The Labute approximate surface area is 450 Å². The van der Waals surface area contributed by atoms with Gasteiger partial charge in [-0.1, -0.05) is 224 Å². The topological polar surface area (TPSA) is 8.17 Å². The number of para-hydroxylation sites is 1. The molecule has 15 rings (SSSR count). The highest BCUT2D eigenvalue weighted by atomic mass is 15.1. The van der Waals surface area contributed by atoms with E-state index in [4.69, 9.17) is 0 Å². The van der Waals surface area contributed by atoms with Gasteiger partial charge in [-0.15, -0.1) is 0 Å². The van der Waals surface area contributed by atoms with E-state index in [-0.39, 0.29) is 0 Å². The second-order valence-electron chi connectivity index (χ2n) is 20.8. The minimum atomic E-state index is -0.490. The van der Waals surface area contributed by atoms with Gasteiger partial charge < -0.3 is 9.47 Å². The van der Waals surface area contributed by atoms with E-state index in [1.807, 2.05) is 0 Å². The molecule has 0 saturated heterocycles. The summed E-state index contributed by atoms with van der Waals surface area (Å²) in [6, 6.07) is 111. The summed E-state index contributed by atoms with van der Waals surface area (Å²) in [6.45, 7) is 0. The molecule has 0 fully saturated rings. The Hall–Kier alpha value is -9.76. The first-order chi connectivity index (χ1) is 38.1. The summed E-state index contributed by atoms with van der Waals surface area (Å²) in [5, 5.41) is 2.42. The molecule has 0 saturated carbocycles. The maximum atomic E-state index is 2.48. The van der Waals surface area contributed by atoms with Gasteiger partial charge in [-0.05, 0) is 162 Å². The number of hydrogen-bond donors (Lipinski definition) is 0. The van der Waals surface area contributed by atoms with Gasteiger partial charge in [0.2, 0.25) is 0 Å². The number of rotatable bonds is 9. The number of nitrogens with zero attached hydrogens (tertiary/aromatic N) is 2. The number of hydrogen-bond acceptors (Lipinski definition) is 1. The molecule has 2 nitrogen and oxygen atoms in total. The van der Waals surface area contributed by atoms with Gasteiger partial charge in [0.05, 0.1) is 21.9 Å². The molecule has 0 unspecified atom stereocenters. The first kappa shape index (κ1) is 44.7. The van der Waals surface area contributed by atoms with Crippen LogP contribution in [0.2, 0.25) is 0 Å². The van der Waals surface area contributed by atoms with Crippen LogP contribution in [0.3, 0.4) is 0 Å². The molecule has 0 bridgehead atoms. The lowest BCUT2D eigenvalue weighted by Gasteiger charge is -2.34. The van der Waals surface area contributed by atoms with Crippen LogP contribution in [0.5, 0.6) is 0 Å². The third-order valence-corrected chi connectivity index (χ3v) is 17.0. The Bertz CT molecular complexity index is 4050. The molecule has 362 valence electrons. The first-order valence-electron chi connectivity index (χ1n) is 26.8. The Kier molecular flexibility index (Phi) is 10.3. The minimum absolute atomic E-state index is 0.490. The predicted molar refractivity (Wildman–Crippen MR) is 321 cm³/mol. The molecule has 13 aromatic rings. The van der Waals surface area contributed by atoms with Crippen LogP contribution in [-0.2, 0) is 10.8 Å². The maximum absolute atomic E-state index is 2.48. The van der Waals surface area contributed by atoms with Crippen molar-refractivity contribution in [3.63, 3.8) is 0 Å². The Morgan fingerprint density at radius 2 is 0.597 bits per heavy atom. The molecule has 0 aliphatic heterocycles. The van der Waals surface area contributed by atoms with Crippen molar-refractivity contribution in [2.75, 3.05) is 11.9 Å². The van der Waals surface area contributed by atoms with E-state index in [1.165, 1.54) is 99.8 Å². The zero-order valence-corrected chi connectivity index (χ0v) is 42.7. The number of benzene rings is 12. The molecule has 1 heterocycles. The summed E-state index contributed by atoms with van der Waals surface area (Å²) in [7, 11) is 2.14. The van der Waals surface area contributed by atoms with E-state index in [2.05, 4.69) is 314 Å². The van der Waals surface area contributed by atoms with E-state index >= 15 is 0 Å². The van der Waals surface area contributed by atoms with Gasteiger partial charge in [-0.25, -0.2) is 0 Å². The van der Waals surface area contributed by atoms with Crippen molar-refractivity contribution in [1.29, 1.82) is 0 Å². The van der Waals surface area contributed by atoms with E-state index in [9.17, 15) is 0 Å². The average molecular weight is 981 g/mol. The number of aromatic nitrogens is 1. The highest BCUT2D eigenvalue weighted by Crippen LogP contribution is 2.58. The number of fused-ring (bicyclic) bond motifs is 9. The predicted octanol–water partition coefficient (Wildman–Crippen LogP) is 18.6. The molecule has 0 N–H and O–H groups in total. The summed E-state index contributed by atoms with van der Waals surface area (Å²) in [4.78, 5) is 2.24. The summed E-state index contributed by atoms with van der Waals surface area (Å²) >= 11 is 0. The SMILES string of the molecule is CN(c1ccccc1)c1ccc(-n2c3ccc(-c4ccc5c(c4)C(c4ccccc4)(c4ccccc4)c4ccccc4-5)cc3c3cc(-c4ccc5c(c4)C(c4ccccc4)(c4ccccc4)c4ccccc4-5)ccc32)cc1. The Balaban J connectivity index is 0.932. The molecule has 0 atom stereocenters. The van der Waals surface area contributed by atoms with Gasteiger partial charge in [0, 0.05) is 34.9 Å². The van der Waals surface area contributed by atoms with Gasteiger partial charge in [-0.3, -0.25) is 0 Å². The van der Waals surface area contributed by atoms with E-state index < -0.39 is 10.8 Å². The van der Waals surface area contributed by atoms with Gasteiger partial charge in [-0.2, -0.15) is 0 Å². The monoisotopic (exact) mass is 980 g/mol. The van der Waals surface area contributed by atoms with Gasteiger partial charge in [0.25, 0.3) is 0 Å². The second kappa shape index (κ2) is 17.7. The van der Waals surface area contributed by atoms with Crippen LogP contribution in [0.4, 0.5) is 11.4 Å². The lowest BCUT2D eigenvalue weighted by molar-refractivity contribution is 0.769. The molecule has 2 aliphatic rings. The molecular formula is C75H52N2. The van der Waals surface area contributed by atoms with E-state index in [1.54, 1.807) is 0 Å². The first-order valence-corrected chi connectivity index (χ1v) is 26.8. The van der Waals surface area contributed by atoms with Crippen molar-refractivity contribution >= 4 is 33.2 Å². The molecule has 0 spiro atoms. The molecule has 2 heteroatoms. The summed E-state index contributed by atoms with van der Waals surface area (Å²) in [5.41, 5.74) is 24.9. The van der Waals surface area contributed by atoms with Crippen LogP contribution < -0.4 is 4.90 Å². The average Bonchev–Trinajstić information content (AvgIpc) is 4.24. The molecule has 2 aliphatic carbocycles. The lowest BCUT2D eigenvalue weighted by Crippen LogP contribution is -2.28. The van der Waals surface area contributed by atoms with Gasteiger partial charge in [0.1, 0.15) is 0 Å². The normalized spacial score (nSPS) is 13.5. The van der Waals surface area contributed by atoms with E-state index in [0.29, 0.717) is 0 Å². The lowest BCUT2D eigenvalue weighted by atomic mass is 9.67. The molecule has 12 aromatic carbocycles. The van der Waals surface area contributed by atoms with Crippen LogP contribution in [0.1, 0.15) is 44.5 Å². The Morgan fingerprint density at radius 1 is 0.273 bits per heavy atom. The highest BCUT2D eigenvalue weighted by molar-refractivity contribution is 6.12. The van der Waals surface area contributed by atoms with Gasteiger partial charge in [0.15, 0.2) is 0 Å². The van der Waals surface area contributed by atoms with Crippen LogP contribution in [0, 0.1) is 0 Å². The zero-order valence-electron chi connectivity index (χ0n) is 42.7. The zero-order chi connectivity index (χ0) is 51.1. The van der Waals surface area contributed by atoms with Crippen molar-refractivity contribution in [2.45, 2.75) is 10.8 Å². The summed E-state index contributed by atoms with van der Waals surface area (Å²) in [5.74, 6) is 0. The highest BCUT2D eigenvalue weighted by Gasteiger charge is 2.47. The third kappa shape index (κ3) is 6.68. The summed E-state index contributed by atoms with van der Waals surface area (Å²) in [6.07, 6.45) is 0. The van der Waals surface area contributed by atoms with Crippen LogP contribution in [0.15, 0.2) is 297 Å². The van der Waals surface area contributed by atoms with Crippen LogP contribution >= 0.6 is 0 Å². The van der Waals surface area contributed by atoms with Gasteiger partial charge >= 0.3 is 0 Å². The maximum Gasteiger partial charge on any atom is 0.0713 e. The van der Waals surface area contributed by atoms with Crippen LogP contribution in [-0.4, -0.2) is 11.6 Å². The van der Waals surface area contributed by atoms with Crippen LogP contribution in [0.25, 0.3) is 72.0 Å². The molecule has 1 aromatic heterocycles. The smallest absolute Gasteiger partial charge is 0.0713 e. The molecule has 77 heavy (non-hydrogen) atoms. The fourth-order valence-electron chi connectivity index (χ4n) is 13.5. The number of anilines is 2. The molecule has 0 amide bonds. The van der Waals surface area contributed by atoms with Crippen molar-refractivity contribution in [2.24, 2.45) is 0 Å². The second-order valence-corrected chi connectivity index (χ2v) is 20.8. The quantitative estimate of drug-likeness (QED) is 0.140. The largest absolute Gasteiger partial charge is 0.345 e. The van der Waals surface area contributed by atoms with Crippen molar-refractivity contribution in [1.82, 2.24) is 4.57 Å². The van der Waals surface area contributed by atoms with E-state index in [0.717, 1.165) is 28.1 Å². The fourth-order valence-corrected chi connectivity index (χ4v) is 13.5. The van der Waals surface area contributed by atoms with Crippen molar-refractivity contribution < 1.29 is 0 Å². The van der Waals surface area contributed by atoms with Crippen molar-refractivity contribution in [3.8, 4) is 50.2 Å².